The molecule has 2 nitrogen and oxygen atoms in total. The zero-order chi connectivity index (χ0) is 11.0. The Morgan fingerprint density at radius 1 is 1.25 bits per heavy atom. The van der Waals surface area contributed by atoms with Crippen LogP contribution in [0.1, 0.15) is 18.4 Å². The van der Waals surface area contributed by atoms with Gasteiger partial charge in [0.05, 0.1) is 12.7 Å². The van der Waals surface area contributed by atoms with Crippen molar-refractivity contribution < 1.29 is 9.13 Å². The average Bonchev–Trinajstić information content (AvgIpc) is 2.16. The van der Waals surface area contributed by atoms with Gasteiger partial charge in [-0.2, -0.15) is 0 Å². The highest BCUT2D eigenvalue weighted by Gasteiger charge is 2.48. The summed E-state index contributed by atoms with van der Waals surface area (Å²) in [5, 5.41) is 3.31. The molecule has 3 heteroatoms. The SMILES string of the molecule is Fc1ccc(COC2CC3(CNC3)C2)cc1. The van der Waals surface area contributed by atoms with Crippen LogP contribution < -0.4 is 5.32 Å². The molecule has 86 valence electrons. The van der Waals surface area contributed by atoms with Gasteiger partial charge in [0.25, 0.3) is 0 Å². The van der Waals surface area contributed by atoms with Gasteiger partial charge in [0, 0.05) is 18.5 Å². The molecule has 0 unspecified atom stereocenters. The summed E-state index contributed by atoms with van der Waals surface area (Å²) in [7, 11) is 0. The predicted octanol–water partition coefficient (Wildman–Crippen LogP) is 2.09. The van der Waals surface area contributed by atoms with Gasteiger partial charge in [0.2, 0.25) is 0 Å². The molecule has 0 amide bonds. The zero-order valence-corrected chi connectivity index (χ0v) is 9.21. The topological polar surface area (TPSA) is 21.3 Å². The van der Waals surface area contributed by atoms with Crippen molar-refractivity contribution >= 4 is 0 Å². The molecule has 1 aliphatic carbocycles. The first kappa shape index (κ1) is 10.2. The summed E-state index contributed by atoms with van der Waals surface area (Å²) in [6.07, 6.45) is 2.77. The fraction of sp³-hybridized carbons (Fsp3) is 0.538. The van der Waals surface area contributed by atoms with Crippen molar-refractivity contribution in [2.24, 2.45) is 5.41 Å². The molecule has 1 spiro atoms. The summed E-state index contributed by atoms with van der Waals surface area (Å²) >= 11 is 0. The first-order valence-electron chi connectivity index (χ1n) is 5.83. The average molecular weight is 221 g/mol. The van der Waals surface area contributed by atoms with E-state index >= 15 is 0 Å². The first-order valence-corrected chi connectivity index (χ1v) is 5.83. The highest BCUT2D eigenvalue weighted by atomic mass is 19.1. The number of benzene rings is 1. The lowest BCUT2D eigenvalue weighted by Crippen LogP contribution is -2.62. The Balaban J connectivity index is 1.45. The number of halogens is 1. The fourth-order valence-electron chi connectivity index (χ4n) is 2.59. The van der Waals surface area contributed by atoms with Gasteiger partial charge in [-0.15, -0.1) is 0 Å². The molecule has 1 saturated carbocycles. The second-order valence-electron chi connectivity index (χ2n) is 5.07. The van der Waals surface area contributed by atoms with Crippen LogP contribution in [0, 0.1) is 11.2 Å². The summed E-state index contributed by atoms with van der Waals surface area (Å²) in [4.78, 5) is 0. The van der Waals surface area contributed by atoms with Crippen molar-refractivity contribution in [1.82, 2.24) is 5.32 Å². The van der Waals surface area contributed by atoms with Crippen LogP contribution in [0.25, 0.3) is 0 Å². The van der Waals surface area contributed by atoms with Crippen molar-refractivity contribution in [3.63, 3.8) is 0 Å². The van der Waals surface area contributed by atoms with E-state index in [1.807, 2.05) is 0 Å². The quantitative estimate of drug-likeness (QED) is 0.844. The normalized spacial score (nSPS) is 22.8. The Morgan fingerprint density at radius 2 is 1.94 bits per heavy atom. The van der Waals surface area contributed by atoms with Crippen LogP contribution in [0.4, 0.5) is 4.39 Å². The van der Waals surface area contributed by atoms with Crippen molar-refractivity contribution in [3.8, 4) is 0 Å². The van der Waals surface area contributed by atoms with E-state index < -0.39 is 0 Å². The maximum absolute atomic E-state index is 12.7. The Labute approximate surface area is 94.8 Å². The molecular formula is C13H16FNO. The number of nitrogens with one attached hydrogen (secondary N) is 1. The van der Waals surface area contributed by atoms with E-state index in [4.69, 9.17) is 4.74 Å². The minimum atomic E-state index is -0.188. The van der Waals surface area contributed by atoms with E-state index in [0.29, 0.717) is 18.1 Å². The van der Waals surface area contributed by atoms with Crippen molar-refractivity contribution in [2.45, 2.75) is 25.6 Å². The van der Waals surface area contributed by atoms with E-state index in [0.717, 1.165) is 18.7 Å². The number of hydrogen-bond donors (Lipinski definition) is 1. The largest absolute Gasteiger partial charge is 0.373 e. The Bertz CT molecular complexity index is 364. The molecule has 0 atom stereocenters. The summed E-state index contributed by atoms with van der Waals surface area (Å²) in [6, 6.07) is 6.54. The fourth-order valence-corrected chi connectivity index (χ4v) is 2.59. The lowest BCUT2D eigenvalue weighted by atomic mass is 9.63. The van der Waals surface area contributed by atoms with E-state index in [-0.39, 0.29) is 5.82 Å². The minimum absolute atomic E-state index is 0.188. The minimum Gasteiger partial charge on any atom is -0.373 e. The molecule has 1 saturated heterocycles. The van der Waals surface area contributed by atoms with Gasteiger partial charge >= 0.3 is 0 Å². The first-order chi connectivity index (χ1) is 7.76. The predicted molar refractivity (Wildman–Crippen MR) is 59.5 cm³/mol. The maximum Gasteiger partial charge on any atom is 0.123 e. The standard InChI is InChI=1S/C13H16FNO/c14-11-3-1-10(2-4-11)7-16-12-5-13(6-12)8-15-9-13/h1-4,12,15H,5-9H2. The molecule has 0 aromatic heterocycles. The van der Waals surface area contributed by atoms with Gasteiger partial charge < -0.3 is 10.1 Å². The molecule has 3 rings (SSSR count). The summed E-state index contributed by atoms with van der Waals surface area (Å²) in [6.45, 7) is 2.92. The molecule has 0 bridgehead atoms. The molecule has 16 heavy (non-hydrogen) atoms. The van der Waals surface area contributed by atoms with Crippen LogP contribution in [0.15, 0.2) is 24.3 Å². The smallest absolute Gasteiger partial charge is 0.123 e. The van der Waals surface area contributed by atoms with Crippen LogP contribution in [0.2, 0.25) is 0 Å². The Kier molecular flexibility index (Phi) is 2.45. The monoisotopic (exact) mass is 221 g/mol. The third kappa shape index (κ3) is 1.85. The molecule has 1 heterocycles. The number of hydrogen-bond acceptors (Lipinski definition) is 2. The van der Waals surface area contributed by atoms with Crippen molar-refractivity contribution in [3.05, 3.63) is 35.6 Å². The second kappa shape index (κ2) is 3.82. The third-order valence-electron chi connectivity index (χ3n) is 3.72. The van der Waals surface area contributed by atoms with Gasteiger partial charge in [-0.25, -0.2) is 4.39 Å². The zero-order valence-electron chi connectivity index (χ0n) is 9.21. The van der Waals surface area contributed by atoms with Gasteiger partial charge in [0.1, 0.15) is 5.82 Å². The Hall–Kier alpha value is -0.930. The van der Waals surface area contributed by atoms with Crippen LogP contribution in [0.3, 0.4) is 0 Å². The maximum atomic E-state index is 12.7. The van der Waals surface area contributed by atoms with Crippen LogP contribution in [-0.2, 0) is 11.3 Å². The molecule has 2 aliphatic rings. The van der Waals surface area contributed by atoms with E-state index in [1.54, 1.807) is 12.1 Å². The van der Waals surface area contributed by atoms with Crippen molar-refractivity contribution in [1.29, 1.82) is 0 Å². The molecule has 1 aromatic carbocycles. The van der Waals surface area contributed by atoms with Crippen LogP contribution in [-0.4, -0.2) is 19.2 Å². The summed E-state index contributed by atoms with van der Waals surface area (Å²) in [5.74, 6) is -0.188. The van der Waals surface area contributed by atoms with E-state index in [9.17, 15) is 4.39 Å². The summed E-state index contributed by atoms with van der Waals surface area (Å²) in [5.41, 5.74) is 1.61. The lowest BCUT2D eigenvalue weighted by molar-refractivity contribution is -0.109. The van der Waals surface area contributed by atoms with Crippen LogP contribution >= 0.6 is 0 Å². The number of ether oxygens (including phenoxy) is 1. The molecule has 1 aromatic rings. The van der Waals surface area contributed by atoms with Gasteiger partial charge in [-0.05, 0) is 30.5 Å². The highest BCUT2D eigenvalue weighted by molar-refractivity contribution is 5.15. The lowest BCUT2D eigenvalue weighted by Gasteiger charge is -2.54. The molecule has 2 fully saturated rings. The van der Waals surface area contributed by atoms with Gasteiger partial charge in [0.15, 0.2) is 0 Å². The second-order valence-corrected chi connectivity index (χ2v) is 5.07. The molecule has 1 N–H and O–H groups in total. The van der Waals surface area contributed by atoms with Crippen LogP contribution in [0.5, 0.6) is 0 Å². The van der Waals surface area contributed by atoms with Gasteiger partial charge in [-0.1, -0.05) is 12.1 Å². The van der Waals surface area contributed by atoms with Crippen molar-refractivity contribution in [2.75, 3.05) is 13.1 Å². The molecule has 1 aliphatic heterocycles. The van der Waals surface area contributed by atoms with E-state index in [2.05, 4.69) is 5.32 Å². The molecular weight excluding hydrogens is 205 g/mol. The van der Waals surface area contributed by atoms with Gasteiger partial charge in [-0.3, -0.25) is 0 Å². The highest BCUT2D eigenvalue weighted by Crippen LogP contribution is 2.45. The number of rotatable bonds is 3. The third-order valence-corrected chi connectivity index (χ3v) is 3.72. The molecule has 0 radical (unpaired) electrons. The summed E-state index contributed by atoms with van der Waals surface area (Å²) < 4.78 is 18.5. The van der Waals surface area contributed by atoms with E-state index in [1.165, 1.54) is 25.0 Å². The Morgan fingerprint density at radius 3 is 2.50 bits per heavy atom.